The SMILES string of the molecule is COc1ccccc1Oc1c(CN(CC2CC2)C(C)=O)c(-c2ccccc2)nn1C. The van der Waals surface area contributed by atoms with E-state index in [1.807, 2.05) is 66.5 Å². The van der Waals surface area contributed by atoms with E-state index < -0.39 is 0 Å². The Bertz CT molecular complexity index is 1030. The molecule has 4 rings (SSSR count). The van der Waals surface area contributed by atoms with Gasteiger partial charge in [-0.3, -0.25) is 4.79 Å². The maximum Gasteiger partial charge on any atom is 0.223 e. The number of ether oxygens (including phenoxy) is 2. The molecular formula is C24H27N3O3. The fourth-order valence-corrected chi connectivity index (χ4v) is 3.57. The summed E-state index contributed by atoms with van der Waals surface area (Å²) in [5.74, 6) is 2.53. The Balaban J connectivity index is 1.76. The summed E-state index contributed by atoms with van der Waals surface area (Å²) in [5.41, 5.74) is 2.71. The van der Waals surface area contributed by atoms with Crippen LogP contribution in [-0.4, -0.2) is 34.2 Å². The molecule has 1 aliphatic rings. The predicted octanol–water partition coefficient (Wildman–Crippen LogP) is 4.65. The molecule has 0 saturated heterocycles. The minimum absolute atomic E-state index is 0.0630. The number of carbonyl (C=O) groups is 1. The first kappa shape index (κ1) is 20.0. The Labute approximate surface area is 177 Å². The molecule has 3 aromatic rings. The maximum atomic E-state index is 12.4. The number of hydrogen-bond donors (Lipinski definition) is 0. The van der Waals surface area contributed by atoms with Crippen LogP contribution in [0.4, 0.5) is 0 Å². The van der Waals surface area contributed by atoms with Gasteiger partial charge in [-0.2, -0.15) is 5.10 Å². The number of benzene rings is 2. The Hall–Kier alpha value is -3.28. The van der Waals surface area contributed by atoms with Crippen molar-refractivity contribution >= 4 is 5.91 Å². The fourth-order valence-electron chi connectivity index (χ4n) is 3.57. The molecule has 0 N–H and O–H groups in total. The van der Waals surface area contributed by atoms with E-state index in [1.54, 1.807) is 18.7 Å². The predicted molar refractivity (Wildman–Crippen MR) is 116 cm³/mol. The first-order valence-electron chi connectivity index (χ1n) is 10.2. The van der Waals surface area contributed by atoms with Crippen LogP contribution in [0.1, 0.15) is 25.3 Å². The molecular weight excluding hydrogens is 378 g/mol. The number of para-hydroxylation sites is 2. The van der Waals surface area contributed by atoms with Gasteiger partial charge >= 0.3 is 0 Å². The maximum absolute atomic E-state index is 12.4. The number of aryl methyl sites for hydroxylation is 1. The molecule has 1 saturated carbocycles. The van der Waals surface area contributed by atoms with Gasteiger partial charge in [0.25, 0.3) is 0 Å². The zero-order valence-electron chi connectivity index (χ0n) is 17.7. The molecule has 0 radical (unpaired) electrons. The van der Waals surface area contributed by atoms with Crippen LogP contribution >= 0.6 is 0 Å². The number of aromatic nitrogens is 2. The van der Waals surface area contributed by atoms with Crippen LogP contribution in [0.25, 0.3) is 11.3 Å². The molecule has 1 fully saturated rings. The van der Waals surface area contributed by atoms with Crippen molar-refractivity contribution in [3.63, 3.8) is 0 Å². The Kier molecular flexibility index (Phi) is 5.74. The van der Waals surface area contributed by atoms with Gasteiger partial charge < -0.3 is 14.4 Å². The standard InChI is InChI=1S/C24H27N3O3/c1-17(28)27(15-18-13-14-18)16-20-23(19-9-5-4-6-10-19)25-26(2)24(20)30-22-12-8-7-11-21(22)29-3/h4-12,18H,13-16H2,1-3H3. The average molecular weight is 405 g/mol. The summed E-state index contributed by atoms with van der Waals surface area (Å²) >= 11 is 0. The minimum atomic E-state index is 0.0630. The third-order valence-electron chi connectivity index (χ3n) is 5.38. The van der Waals surface area contributed by atoms with Gasteiger partial charge in [0.2, 0.25) is 11.8 Å². The number of hydrogen-bond acceptors (Lipinski definition) is 4. The van der Waals surface area contributed by atoms with Crippen LogP contribution in [0.15, 0.2) is 54.6 Å². The lowest BCUT2D eigenvalue weighted by Crippen LogP contribution is -2.30. The van der Waals surface area contributed by atoms with Gasteiger partial charge in [-0.15, -0.1) is 0 Å². The van der Waals surface area contributed by atoms with Crippen molar-refractivity contribution in [2.45, 2.75) is 26.3 Å². The summed E-state index contributed by atoms with van der Waals surface area (Å²) in [6, 6.07) is 17.5. The fraction of sp³-hybridized carbons (Fsp3) is 0.333. The van der Waals surface area contributed by atoms with Crippen LogP contribution < -0.4 is 9.47 Å². The van der Waals surface area contributed by atoms with E-state index in [0.29, 0.717) is 29.8 Å². The van der Waals surface area contributed by atoms with E-state index >= 15 is 0 Å². The topological polar surface area (TPSA) is 56.6 Å². The van der Waals surface area contributed by atoms with Crippen LogP contribution in [0.5, 0.6) is 17.4 Å². The number of nitrogens with zero attached hydrogens (tertiary/aromatic N) is 3. The molecule has 0 unspecified atom stereocenters. The van der Waals surface area contributed by atoms with E-state index in [9.17, 15) is 4.79 Å². The van der Waals surface area contributed by atoms with Gasteiger partial charge in [0.15, 0.2) is 11.5 Å². The summed E-state index contributed by atoms with van der Waals surface area (Å²) in [4.78, 5) is 14.3. The van der Waals surface area contributed by atoms with Gasteiger partial charge in [-0.05, 0) is 30.9 Å². The van der Waals surface area contributed by atoms with Crippen molar-refractivity contribution in [1.29, 1.82) is 0 Å². The summed E-state index contributed by atoms with van der Waals surface area (Å²) in [7, 11) is 3.48. The molecule has 1 aliphatic carbocycles. The molecule has 0 bridgehead atoms. The smallest absolute Gasteiger partial charge is 0.223 e. The molecule has 6 nitrogen and oxygen atoms in total. The van der Waals surface area contributed by atoms with Gasteiger partial charge in [-0.1, -0.05) is 42.5 Å². The molecule has 1 amide bonds. The lowest BCUT2D eigenvalue weighted by atomic mass is 10.1. The van der Waals surface area contributed by atoms with Crippen molar-refractivity contribution in [1.82, 2.24) is 14.7 Å². The molecule has 1 aromatic heterocycles. The Morgan fingerprint density at radius 2 is 1.77 bits per heavy atom. The van der Waals surface area contributed by atoms with Crippen molar-refractivity contribution < 1.29 is 14.3 Å². The number of carbonyl (C=O) groups excluding carboxylic acids is 1. The Morgan fingerprint density at radius 1 is 1.10 bits per heavy atom. The van der Waals surface area contributed by atoms with Crippen molar-refractivity contribution in [3.05, 3.63) is 60.2 Å². The second-order valence-corrected chi connectivity index (χ2v) is 7.72. The van der Waals surface area contributed by atoms with Gasteiger partial charge in [0.1, 0.15) is 5.69 Å². The first-order chi connectivity index (χ1) is 14.6. The highest BCUT2D eigenvalue weighted by molar-refractivity contribution is 5.74. The number of amides is 1. The second kappa shape index (κ2) is 8.61. The summed E-state index contributed by atoms with van der Waals surface area (Å²) < 4.78 is 13.5. The largest absolute Gasteiger partial charge is 0.493 e. The van der Waals surface area contributed by atoms with E-state index in [2.05, 4.69) is 0 Å². The normalized spacial score (nSPS) is 13.2. The zero-order valence-corrected chi connectivity index (χ0v) is 17.7. The summed E-state index contributed by atoms with van der Waals surface area (Å²) in [5, 5.41) is 4.75. The second-order valence-electron chi connectivity index (χ2n) is 7.72. The van der Waals surface area contributed by atoms with E-state index in [1.165, 1.54) is 12.8 Å². The Morgan fingerprint density at radius 3 is 2.40 bits per heavy atom. The van der Waals surface area contributed by atoms with Crippen LogP contribution in [0, 0.1) is 5.92 Å². The first-order valence-corrected chi connectivity index (χ1v) is 10.2. The van der Waals surface area contributed by atoms with Crippen LogP contribution in [-0.2, 0) is 18.4 Å². The highest BCUT2D eigenvalue weighted by Gasteiger charge is 2.28. The average Bonchev–Trinajstić information content (AvgIpc) is 3.53. The molecule has 0 aliphatic heterocycles. The van der Waals surface area contributed by atoms with Crippen molar-refractivity contribution in [2.24, 2.45) is 13.0 Å². The third kappa shape index (κ3) is 4.32. The third-order valence-corrected chi connectivity index (χ3v) is 5.38. The monoisotopic (exact) mass is 405 g/mol. The van der Waals surface area contributed by atoms with Crippen molar-refractivity contribution in [3.8, 4) is 28.6 Å². The number of methoxy groups -OCH3 is 1. The minimum Gasteiger partial charge on any atom is -0.493 e. The van der Waals surface area contributed by atoms with Crippen LogP contribution in [0.3, 0.4) is 0 Å². The summed E-state index contributed by atoms with van der Waals surface area (Å²) in [6.45, 7) is 2.85. The highest BCUT2D eigenvalue weighted by Crippen LogP contribution is 2.38. The zero-order chi connectivity index (χ0) is 21.1. The lowest BCUT2D eigenvalue weighted by Gasteiger charge is -2.22. The molecule has 156 valence electrons. The van der Waals surface area contributed by atoms with E-state index in [4.69, 9.17) is 14.6 Å². The van der Waals surface area contributed by atoms with Gasteiger partial charge in [0, 0.05) is 26.1 Å². The number of rotatable bonds is 8. The van der Waals surface area contributed by atoms with Gasteiger partial charge in [0.05, 0.1) is 19.2 Å². The molecule has 0 atom stereocenters. The van der Waals surface area contributed by atoms with Crippen LogP contribution in [0.2, 0.25) is 0 Å². The quantitative estimate of drug-likeness (QED) is 0.548. The van der Waals surface area contributed by atoms with E-state index in [0.717, 1.165) is 23.4 Å². The van der Waals surface area contributed by atoms with Crippen molar-refractivity contribution in [2.75, 3.05) is 13.7 Å². The molecule has 0 spiro atoms. The molecule has 30 heavy (non-hydrogen) atoms. The molecule has 6 heteroatoms. The molecule has 1 heterocycles. The molecule has 2 aromatic carbocycles. The lowest BCUT2D eigenvalue weighted by molar-refractivity contribution is -0.129. The van der Waals surface area contributed by atoms with Gasteiger partial charge in [-0.25, -0.2) is 4.68 Å². The highest BCUT2D eigenvalue weighted by atomic mass is 16.5. The van der Waals surface area contributed by atoms with E-state index in [-0.39, 0.29) is 5.91 Å². The summed E-state index contributed by atoms with van der Waals surface area (Å²) in [6.07, 6.45) is 2.37.